The molecule has 0 aliphatic rings. The standard InChI is InChI=1S/C11H9F3N4/c1-15-10-3-8(11(12,13)14)2-9(18-10)7-4-16-6-17-5-7/h2-6H,1H3,(H,15,18). The van der Waals surface area contributed by atoms with Crippen LogP contribution >= 0.6 is 0 Å². The topological polar surface area (TPSA) is 50.7 Å². The van der Waals surface area contributed by atoms with Crippen molar-refractivity contribution < 1.29 is 13.2 Å². The van der Waals surface area contributed by atoms with Crippen molar-refractivity contribution in [2.24, 2.45) is 0 Å². The zero-order valence-corrected chi connectivity index (χ0v) is 9.36. The molecule has 0 saturated heterocycles. The van der Waals surface area contributed by atoms with Gasteiger partial charge in [0.05, 0.1) is 11.3 Å². The van der Waals surface area contributed by atoms with Crippen LogP contribution in [0.15, 0.2) is 30.9 Å². The molecule has 18 heavy (non-hydrogen) atoms. The Kier molecular flexibility index (Phi) is 3.14. The average Bonchev–Trinajstić information content (AvgIpc) is 2.38. The number of alkyl halides is 3. The first-order chi connectivity index (χ1) is 8.50. The molecular weight excluding hydrogens is 245 g/mol. The maximum absolute atomic E-state index is 12.7. The number of pyridine rings is 1. The first kappa shape index (κ1) is 12.3. The van der Waals surface area contributed by atoms with E-state index in [1.165, 1.54) is 25.8 Å². The summed E-state index contributed by atoms with van der Waals surface area (Å²) in [5, 5.41) is 2.60. The summed E-state index contributed by atoms with van der Waals surface area (Å²) in [6.45, 7) is 0. The second-order valence-corrected chi connectivity index (χ2v) is 3.50. The predicted octanol–water partition coefficient (Wildman–Crippen LogP) is 2.60. The summed E-state index contributed by atoms with van der Waals surface area (Å²) in [5.74, 6) is 0.142. The molecule has 7 heteroatoms. The Balaban J connectivity index is 2.55. The molecule has 4 nitrogen and oxygen atoms in total. The Labute approximate surface area is 101 Å². The van der Waals surface area contributed by atoms with Crippen LogP contribution in [0.25, 0.3) is 11.3 Å². The van der Waals surface area contributed by atoms with Gasteiger partial charge in [-0.15, -0.1) is 0 Å². The molecule has 0 spiro atoms. The fraction of sp³-hybridized carbons (Fsp3) is 0.182. The highest BCUT2D eigenvalue weighted by Crippen LogP contribution is 2.32. The van der Waals surface area contributed by atoms with Gasteiger partial charge in [0.15, 0.2) is 0 Å². The van der Waals surface area contributed by atoms with Crippen LogP contribution in [0.1, 0.15) is 5.56 Å². The number of nitrogens with one attached hydrogen (secondary N) is 1. The third-order valence-electron chi connectivity index (χ3n) is 2.27. The van der Waals surface area contributed by atoms with Crippen LogP contribution in [-0.2, 0) is 6.18 Å². The highest BCUT2D eigenvalue weighted by atomic mass is 19.4. The van der Waals surface area contributed by atoms with E-state index >= 15 is 0 Å². The number of nitrogens with zero attached hydrogens (tertiary/aromatic N) is 3. The third-order valence-corrected chi connectivity index (χ3v) is 2.27. The maximum atomic E-state index is 12.7. The van der Waals surface area contributed by atoms with E-state index in [2.05, 4.69) is 20.3 Å². The number of anilines is 1. The Bertz CT molecular complexity index is 540. The summed E-state index contributed by atoms with van der Waals surface area (Å²) in [5.41, 5.74) is -0.157. The average molecular weight is 254 g/mol. The second kappa shape index (κ2) is 4.59. The molecule has 0 fully saturated rings. The van der Waals surface area contributed by atoms with Gasteiger partial charge in [-0.2, -0.15) is 13.2 Å². The van der Waals surface area contributed by atoms with Crippen LogP contribution in [0.2, 0.25) is 0 Å². The molecule has 0 unspecified atom stereocenters. The molecule has 0 amide bonds. The van der Waals surface area contributed by atoms with Gasteiger partial charge in [0.2, 0.25) is 0 Å². The summed E-state index contributed by atoms with van der Waals surface area (Å²) in [6.07, 6.45) is -0.293. The normalized spacial score (nSPS) is 11.3. The molecule has 1 N–H and O–H groups in total. The lowest BCUT2D eigenvalue weighted by Gasteiger charge is -2.10. The fourth-order valence-electron chi connectivity index (χ4n) is 1.40. The molecule has 94 valence electrons. The number of halogens is 3. The molecule has 2 aromatic heterocycles. The molecule has 0 saturated carbocycles. The van der Waals surface area contributed by atoms with Crippen LogP contribution < -0.4 is 5.32 Å². The van der Waals surface area contributed by atoms with E-state index in [4.69, 9.17) is 0 Å². The quantitative estimate of drug-likeness (QED) is 0.895. The van der Waals surface area contributed by atoms with Crippen molar-refractivity contribution in [3.05, 3.63) is 36.4 Å². The molecule has 0 atom stereocenters. The molecule has 0 bridgehead atoms. The van der Waals surface area contributed by atoms with E-state index in [0.29, 0.717) is 5.56 Å². The van der Waals surface area contributed by atoms with Gasteiger partial charge in [0.25, 0.3) is 0 Å². The first-order valence-electron chi connectivity index (χ1n) is 5.03. The lowest BCUT2D eigenvalue weighted by molar-refractivity contribution is -0.137. The largest absolute Gasteiger partial charge is 0.416 e. The van der Waals surface area contributed by atoms with Crippen molar-refractivity contribution in [1.29, 1.82) is 0 Å². The predicted molar refractivity (Wildman–Crippen MR) is 59.8 cm³/mol. The van der Waals surface area contributed by atoms with E-state index in [1.54, 1.807) is 0 Å². The second-order valence-electron chi connectivity index (χ2n) is 3.50. The van der Waals surface area contributed by atoms with Crippen LogP contribution in [0, 0.1) is 0 Å². The first-order valence-corrected chi connectivity index (χ1v) is 5.03. The van der Waals surface area contributed by atoms with Crippen molar-refractivity contribution in [3.63, 3.8) is 0 Å². The minimum atomic E-state index is -4.42. The Morgan fingerprint density at radius 1 is 1.11 bits per heavy atom. The van der Waals surface area contributed by atoms with Crippen molar-refractivity contribution in [2.45, 2.75) is 6.18 Å². The van der Waals surface area contributed by atoms with E-state index in [1.807, 2.05) is 0 Å². The summed E-state index contributed by atoms with van der Waals surface area (Å²) >= 11 is 0. The van der Waals surface area contributed by atoms with Gasteiger partial charge in [0.1, 0.15) is 12.1 Å². The molecule has 0 aliphatic carbocycles. The zero-order valence-electron chi connectivity index (χ0n) is 9.36. The van der Waals surface area contributed by atoms with Gasteiger partial charge < -0.3 is 5.32 Å². The van der Waals surface area contributed by atoms with Crippen LogP contribution in [-0.4, -0.2) is 22.0 Å². The lowest BCUT2D eigenvalue weighted by atomic mass is 10.1. The molecule has 2 aromatic rings. The maximum Gasteiger partial charge on any atom is 0.416 e. The van der Waals surface area contributed by atoms with Gasteiger partial charge in [0, 0.05) is 25.0 Å². The van der Waals surface area contributed by atoms with E-state index < -0.39 is 11.7 Å². The molecule has 0 radical (unpaired) electrons. The van der Waals surface area contributed by atoms with Gasteiger partial charge in [-0.3, -0.25) is 0 Å². The third kappa shape index (κ3) is 2.55. The highest BCUT2D eigenvalue weighted by Gasteiger charge is 2.31. The Hall–Kier alpha value is -2.18. The molecule has 2 rings (SSSR count). The van der Waals surface area contributed by atoms with Gasteiger partial charge in [-0.05, 0) is 12.1 Å². The van der Waals surface area contributed by atoms with Crippen LogP contribution in [0.4, 0.5) is 19.0 Å². The monoisotopic (exact) mass is 254 g/mol. The van der Waals surface area contributed by atoms with E-state index in [0.717, 1.165) is 12.1 Å². The molecule has 2 heterocycles. The van der Waals surface area contributed by atoms with E-state index in [-0.39, 0.29) is 11.5 Å². The van der Waals surface area contributed by atoms with Crippen LogP contribution in [0.5, 0.6) is 0 Å². The summed E-state index contributed by atoms with van der Waals surface area (Å²) in [7, 11) is 1.51. The summed E-state index contributed by atoms with van der Waals surface area (Å²) in [6, 6.07) is 1.92. The van der Waals surface area contributed by atoms with Crippen molar-refractivity contribution in [2.75, 3.05) is 12.4 Å². The van der Waals surface area contributed by atoms with Crippen molar-refractivity contribution in [3.8, 4) is 11.3 Å². The number of hydrogen-bond donors (Lipinski definition) is 1. The van der Waals surface area contributed by atoms with Crippen molar-refractivity contribution in [1.82, 2.24) is 15.0 Å². The molecule has 0 aliphatic heterocycles. The highest BCUT2D eigenvalue weighted by molar-refractivity contribution is 5.61. The SMILES string of the molecule is CNc1cc(C(F)(F)F)cc(-c2cncnc2)n1. The van der Waals surface area contributed by atoms with Crippen molar-refractivity contribution >= 4 is 5.82 Å². The van der Waals surface area contributed by atoms with Gasteiger partial charge >= 0.3 is 6.18 Å². The van der Waals surface area contributed by atoms with Gasteiger partial charge in [-0.1, -0.05) is 0 Å². The van der Waals surface area contributed by atoms with E-state index in [9.17, 15) is 13.2 Å². The number of hydrogen-bond acceptors (Lipinski definition) is 4. The minimum Gasteiger partial charge on any atom is -0.373 e. The molecule has 0 aromatic carbocycles. The Morgan fingerprint density at radius 3 is 2.33 bits per heavy atom. The zero-order chi connectivity index (χ0) is 13.2. The summed E-state index contributed by atoms with van der Waals surface area (Å²) in [4.78, 5) is 11.6. The lowest BCUT2D eigenvalue weighted by Crippen LogP contribution is -2.07. The molecular formula is C11H9F3N4. The summed E-state index contributed by atoms with van der Waals surface area (Å²) < 4.78 is 38.1. The fourth-order valence-corrected chi connectivity index (χ4v) is 1.40. The van der Waals surface area contributed by atoms with Crippen LogP contribution in [0.3, 0.4) is 0 Å². The Morgan fingerprint density at radius 2 is 1.78 bits per heavy atom. The minimum absolute atomic E-state index is 0.142. The van der Waals surface area contributed by atoms with Gasteiger partial charge in [-0.25, -0.2) is 15.0 Å². The number of rotatable bonds is 2. The smallest absolute Gasteiger partial charge is 0.373 e. The number of aromatic nitrogens is 3.